The third-order valence-electron chi connectivity index (χ3n) is 4.17. The maximum Gasteiger partial charge on any atom is 0.121 e. The molecule has 2 unspecified atom stereocenters. The van der Waals surface area contributed by atoms with E-state index in [-0.39, 0.29) is 6.04 Å². The molecule has 1 aliphatic carbocycles. The van der Waals surface area contributed by atoms with Crippen molar-refractivity contribution in [2.24, 2.45) is 0 Å². The van der Waals surface area contributed by atoms with E-state index in [2.05, 4.69) is 41.8 Å². The molecule has 2 N–H and O–H groups in total. The van der Waals surface area contributed by atoms with Gasteiger partial charge in [-0.05, 0) is 77.2 Å². The summed E-state index contributed by atoms with van der Waals surface area (Å²) in [5.74, 6) is 0.811. The number of aryl methyl sites for hydroxylation is 1. The van der Waals surface area contributed by atoms with E-state index in [1.54, 1.807) is 6.07 Å². The van der Waals surface area contributed by atoms with Crippen LogP contribution in [-0.4, -0.2) is 5.11 Å². The molecule has 2 atom stereocenters. The van der Waals surface area contributed by atoms with E-state index >= 15 is 0 Å². The maximum atomic E-state index is 10.3. The standard InChI is InChI=1S/C17H17ClINO/c1-9-3-6-15(21)17-14(7-10(2)16(9)17)20-13-5-4-11(19)8-12(13)18/h3-6,8,10,14,20-21H,7H2,1-2H3. The summed E-state index contributed by atoms with van der Waals surface area (Å²) in [6.45, 7) is 4.32. The van der Waals surface area contributed by atoms with Crippen molar-refractivity contribution >= 4 is 39.9 Å². The molecule has 4 heteroatoms. The van der Waals surface area contributed by atoms with Gasteiger partial charge >= 0.3 is 0 Å². The molecule has 0 radical (unpaired) electrons. The fourth-order valence-corrected chi connectivity index (χ4v) is 4.18. The summed E-state index contributed by atoms with van der Waals surface area (Å²) < 4.78 is 1.11. The monoisotopic (exact) mass is 413 g/mol. The van der Waals surface area contributed by atoms with Gasteiger partial charge in [-0.1, -0.05) is 24.6 Å². The summed E-state index contributed by atoms with van der Waals surface area (Å²) in [5.41, 5.74) is 4.46. The Morgan fingerprint density at radius 3 is 2.71 bits per heavy atom. The SMILES string of the molecule is Cc1ccc(O)c2c1C(C)CC2Nc1ccc(I)cc1Cl. The van der Waals surface area contributed by atoms with Crippen LogP contribution < -0.4 is 5.32 Å². The van der Waals surface area contributed by atoms with Gasteiger partial charge in [0.25, 0.3) is 0 Å². The number of fused-ring (bicyclic) bond motifs is 1. The molecule has 0 fully saturated rings. The fourth-order valence-electron chi connectivity index (χ4n) is 3.27. The number of anilines is 1. The van der Waals surface area contributed by atoms with Gasteiger partial charge in [-0.2, -0.15) is 0 Å². The first-order valence-electron chi connectivity index (χ1n) is 7.01. The maximum absolute atomic E-state index is 10.3. The Morgan fingerprint density at radius 2 is 2.00 bits per heavy atom. The number of rotatable bonds is 2. The van der Waals surface area contributed by atoms with Crippen molar-refractivity contribution in [3.05, 3.63) is 55.6 Å². The molecule has 0 amide bonds. The second-order valence-corrected chi connectivity index (χ2v) is 7.34. The lowest BCUT2D eigenvalue weighted by Crippen LogP contribution is -2.08. The molecule has 0 saturated heterocycles. The third-order valence-corrected chi connectivity index (χ3v) is 5.16. The van der Waals surface area contributed by atoms with Crippen LogP contribution in [0.3, 0.4) is 0 Å². The van der Waals surface area contributed by atoms with Crippen LogP contribution in [0.15, 0.2) is 30.3 Å². The molecule has 0 spiro atoms. The van der Waals surface area contributed by atoms with E-state index < -0.39 is 0 Å². The number of phenolic OH excluding ortho intramolecular Hbond substituents is 1. The van der Waals surface area contributed by atoms with Gasteiger partial charge in [-0.3, -0.25) is 0 Å². The highest BCUT2D eigenvalue weighted by Crippen LogP contribution is 2.47. The lowest BCUT2D eigenvalue weighted by atomic mass is 9.97. The molecule has 2 aromatic rings. The van der Waals surface area contributed by atoms with Crippen molar-refractivity contribution in [2.45, 2.75) is 32.2 Å². The molecule has 2 aromatic carbocycles. The smallest absolute Gasteiger partial charge is 0.121 e. The molecule has 0 saturated carbocycles. The van der Waals surface area contributed by atoms with Gasteiger partial charge in [0.05, 0.1) is 16.8 Å². The minimum Gasteiger partial charge on any atom is -0.508 e. The van der Waals surface area contributed by atoms with E-state index in [1.165, 1.54) is 11.1 Å². The third kappa shape index (κ3) is 2.73. The van der Waals surface area contributed by atoms with Gasteiger partial charge in [0.15, 0.2) is 0 Å². The molecule has 21 heavy (non-hydrogen) atoms. The van der Waals surface area contributed by atoms with Gasteiger partial charge in [0.2, 0.25) is 0 Å². The van der Waals surface area contributed by atoms with Gasteiger partial charge in [-0.15, -0.1) is 0 Å². The molecule has 2 nitrogen and oxygen atoms in total. The summed E-state index contributed by atoms with van der Waals surface area (Å²) in [5, 5.41) is 14.5. The van der Waals surface area contributed by atoms with Crippen LogP contribution in [0, 0.1) is 10.5 Å². The Labute approximate surface area is 143 Å². The topological polar surface area (TPSA) is 32.3 Å². The molecule has 0 bridgehead atoms. The molecule has 3 rings (SSSR count). The number of hydrogen-bond donors (Lipinski definition) is 2. The zero-order valence-corrected chi connectivity index (χ0v) is 14.9. The number of hydrogen-bond acceptors (Lipinski definition) is 2. The normalized spacial score (nSPS) is 20.4. The lowest BCUT2D eigenvalue weighted by molar-refractivity contribution is 0.465. The number of halogens is 2. The van der Waals surface area contributed by atoms with E-state index in [1.807, 2.05) is 24.3 Å². The molecule has 1 aliphatic rings. The highest BCUT2D eigenvalue weighted by Gasteiger charge is 2.32. The van der Waals surface area contributed by atoms with Gasteiger partial charge in [0.1, 0.15) is 5.75 Å². The van der Waals surface area contributed by atoms with Crippen molar-refractivity contribution in [2.75, 3.05) is 5.32 Å². The van der Waals surface area contributed by atoms with E-state index in [0.717, 1.165) is 26.3 Å². The van der Waals surface area contributed by atoms with E-state index in [0.29, 0.717) is 11.7 Å². The minimum atomic E-state index is 0.104. The highest BCUT2D eigenvalue weighted by atomic mass is 127. The first-order valence-corrected chi connectivity index (χ1v) is 8.47. The summed E-state index contributed by atoms with van der Waals surface area (Å²) in [6, 6.07) is 9.86. The van der Waals surface area contributed by atoms with Crippen molar-refractivity contribution in [3.8, 4) is 5.75 Å². The summed E-state index contributed by atoms with van der Waals surface area (Å²) in [7, 11) is 0. The lowest BCUT2D eigenvalue weighted by Gasteiger charge is -2.18. The van der Waals surface area contributed by atoms with Crippen LogP contribution in [0.4, 0.5) is 5.69 Å². The van der Waals surface area contributed by atoms with Crippen LogP contribution >= 0.6 is 34.2 Å². The Bertz CT molecular complexity index is 701. The number of nitrogens with one attached hydrogen (secondary N) is 1. The zero-order valence-electron chi connectivity index (χ0n) is 12.0. The number of phenols is 1. The number of aromatic hydroxyl groups is 1. The first-order chi connectivity index (χ1) is 9.97. The van der Waals surface area contributed by atoms with Crippen molar-refractivity contribution in [1.29, 1.82) is 0 Å². The summed E-state index contributed by atoms with van der Waals surface area (Å²) in [6.07, 6.45) is 0.968. The second-order valence-electron chi connectivity index (χ2n) is 5.69. The van der Waals surface area contributed by atoms with Gasteiger partial charge < -0.3 is 10.4 Å². The van der Waals surface area contributed by atoms with Crippen LogP contribution in [0.1, 0.15) is 42.0 Å². The first kappa shape index (κ1) is 15.0. The van der Waals surface area contributed by atoms with Crippen LogP contribution in [0.25, 0.3) is 0 Å². The predicted molar refractivity (Wildman–Crippen MR) is 96.4 cm³/mol. The fraction of sp³-hybridized carbons (Fsp3) is 0.294. The predicted octanol–water partition coefficient (Wildman–Crippen LogP) is 5.62. The van der Waals surface area contributed by atoms with Crippen molar-refractivity contribution in [1.82, 2.24) is 0 Å². The Kier molecular flexibility index (Phi) is 4.06. The Morgan fingerprint density at radius 1 is 1.24 bits per heavy atom. The molecular weight excluding hydrogens is 397 g/mol. The second kappa shape index (κ2) is 5.69. The Balaban J connectivity index is 1.98. The van der Waals surface area contributed by atoms with Crippen LogP contribution in [0.5, 0.6) is 5.75 Å². The number of benzene rings is 2. The molecule has 110 valence electrons. The highest BCUT2D eigenvalue weighted by molar-refractivity contribution is 14.1. The molecule has 0 heterocycles. The Hall–Kier alpha value is -0.940. The summed E-state index contributed by atoms with van der Waals surface area (Å²) in [4.78, 5) is 0. The van der Waals surface area contributed by atoms with Gasteiger partial charge in [0, 0.05) is 9.13 Å². The molecular formula is C17H17ClINO. The minimum absolute atomic E-state index is 0.104. The average molecular weight is 414 g/mol. The van der Waals surface area contributed by atoms with E-state index in [4.69, 9.17) is 11.6 Å². The quantitative estimate of drug-likeness (QED) is 0.626. The van der Waals surface area contributed by atoms with Crippen molar-refractivity contribution in [3.63, 3.8) is 0 Å². The summed E-state index contributed by atoms with van der Waals surface area (Å²) >= 11 is 8.56. The van der Waals surface area contributed by atoms with Gasteiger partial charge in [-0.25, -0.2) is 0 Å². The van der Waals surface area contributed by atoms with Crippen molar-refractivity contribution < 1.29 is 5.11 Å². The van der Waals surface area contributed by atoms with Crippen LogP contribution in [-0.2, 0) is 0 Å². The molecule has 0 aromatic heterocycles. The van der Waals surface area contributed by atoms with E-state index in [9.17, 15) is 5.11 Å². The zero-order chi connectivity index (χ0) is 15.1. The molecule has 0 aliphatic heterocycles. The largest absolute Gasteiger partial charge is 0.508 e. The van der Waals surface area contributed by atoms with Crippen LogP contribution in [0.2, 0.25) is 5.02 Å². The average Bonchev–Trinajstić information content (AvgIpc) is 2.75.